The first-order chi connectivity index (χ1) is 24.2. The molecule has 0 spiro atoms. The minimum Gasteiger partial charge on any atom is -0.495 e. The Morgan fingerprint density at radius 1 is 0.660 bits per heavy atom. The third kappa shape index (κ3) is 4.09. The van der Waals surface area contributed by atoms with Crippen LogP contribution in [0.15, 0.2) is 127 Å². The van der Waals surface area contributed by atoms with Crippen LogP contribution in [0.25, 0.3) is 11.1 Å². The quantitative estimate of drug-likeness (QED) is 0.0965. The van der Waals surface area contributed by atoms with E-state index in [0.29, 0.717) is 43.4 Å². The van der Waals surface area contributed by atoms with E-state index in [2.05, 4.69) is 0 Å². The van der Waals surface area contributed by atoms with Crippen molar-refractivity contribution in [1.82, 2.24) is 0 Å². The fraction of sp³-hybridized carbons (Fsp3) is 0.125. The number of carbonyl (C=O) groups is 3. The van der Waals surface area contributed by atoms with Crippen LogP contribution in [0, 0.1) is 22.0 Å². The summed E-state index contributed by atoms with van der Waals surface area (Å²) in [5.74, 6) is -4.06. The van der Waals surface area contributed by atoms with Gasteiger partial charge >= 0.3 is 0 Å². The van der Waals surface area contributed by atoms with E-state index in [1.54, 1.807) is 48.5 Å². The van der Waals surface area contributed by atoms with Gasteiger partial charge in [0.25, 0.3) is 5.69 Å². The molecule has 4 atom stereocenters. The van der Waals surface area contributed by atoms with Crippen molar-refractivity contribution in [2.45, 2.75) is 10.8 Å². The molecule has 1 aliphatic heterocycles. The number of ketones is 1. The van der Waals surface area contributed by atoms with Crippen LogP contribution in [0.1, 0.15) is 22.3 Å². The number of hydrogen-bond donors (Lipinski definition) is 0. The van der Waals surface area contributed by atoms with E-state index >= 15 is 14.4 Å². The highest BCUT2D eigenvalue weighted by atomic mass is 35.5. The van der Waals surface area contributed by atoms with Crippen molar-refractivity contribution in [2.24, 2.45) is 11.8 Å². The summed E-state index contributed by atoms with van der Waals surface area (Å²) in [6, 6.07) is 36.2. The van der Waals surface area contributed by atoms with Crippen molar-refractivity contribution in [2.75, 3.05) is 12.0 Å². The van der Waals surface area contributed by atoms with E-state index in [4.69, 9.17) is 27.9 Å². The van der Waals surface area contributed by atoms with E-state index in [9.17, 15) is 10.1 Å². The Hall–Kier alpha value is -5.57. The van der Waals surface area contributed by atoms with Gasteiger partial charge in [0, 0.05) is 22.2 Å². The van der Waals surface area contributed by atoms with Gasteiger partial charge in [-0.2, -0.15) is 0 Å². The van der Waals surface area contributed by atoms with Gasteiger partial charge in [-0.05, 0) is 63.7 Å². The smallest absolute Gasteiger partial charge is 0.271 e. The summed E-state index contributed by atoms with van der Waals surface area (Å²) in [5, 5.41) is 12.8. The molecule has 1 saturated heterocycles. The zero-order valence-corrected chi connectivity index (χ0v) is 27.9. The maximum absolute atomic E-state index is 16.0. The maximum Gasteiger partial charge on any atom is 0.271 e. The number of nitrogens with zero attached hydrogens (tertiary/aromatic N) is 2. The number of rotatable bonds is 7. The molecule has 2 fully saturated rings. The van der Waals surface area contributed by atoms with Gasteiger partial charge in [0.05, 0.1) is 34.7 Å². The molecular formula is C40H26Cl2N2O6. The van der Waals surface area contributed by atoms with Crippen molar-refractivity contribution in [3.05, 3.63) is 170 Å². The second-order valence-corrected chi connectivity index (χ2v) is 13.4. The largest absolute Gasteiger partial charge is 0.495 e. The molecule has 8 rings (SSSR count). The maximum atomic E-state index is 16.0. The molecule has 8 nitrogen and oxygen atoms in total. The van der Waals surface area contributed by atoms with Crippen LogP contribution in [0.5, 0.6) is 5.75 Å². The number of anilines is 1. The minimum absolute atomic E-state index is 0.0713. The monoisotopic (exact) mass is 700 g/mol. The molecule has 3 aliphatic rings. The number of fused-ring (bicyclic) bond motifs is 5. The zero-order valence-electron chi connectivity index (χ0n) is 26.4. The summed E-state index contributed by atoms with van der Waals surface area (Å²) < 4.78 is 5.55. The molecule has 5 aromatic carbocycles. The van der Waals surface area contributed by atoms with Crippen molar-refractivity contribution in [3.8, 4) is 5.75 Å². The number of imide groups is 1. The molecule has 1 saturated carbocycles. The highest BCUT2D eigenvalue weighted by Crippen LogP contribution is 2.74. The summed E-state index contributed by atoms with van der Waals surface area (Å²) in [6.45, 7) is 0. The number of benzene rings is 5. The van der Waals surface area contributed by atoms with Gasteiger partial charge in [0.1, 0.15) is 11.4 Å². The molecule has 2 amide bonds. The molecule has 0 radical (unpaired) electrons. The normalized spacial score (nSPS) is 23.8. The fourth-order valence-electron chi connectivity index (χ4n) is 8.56. The number of allylic oxidation sites excluding steroid dienone is 2. The van der Waals surface area contributed by atoms with Gasteiger partial charge in [-0.25, -0.2) is 4.90 Å². The van der Waals surface area contributed by atoms with E-state index < -0.39 is 39.4 Å². The van der Waals surface area contributed by atoms with E-state index in [1.165, 1.54) is 19.2 Å². The lowest BCUT2D eigenvalue weighted by molar-refractivity contribution is -0.384. The lowest BCUT2D eigenvalue weighted by atomic mass is 9.59. The van der Waals surface area contributed by atoms with Gasteiger partial charge in [0.15, 0.2) is 5.78 Å². The standard InChI is InChI=1S/C40H26Cl2N2O6/c1-50-31-21-20-29(44(48)49)22-30(31)43-36(45)34-35(37(43)46)40(26-14-18-28(42)19-15-26)33(24-10-6-3-7-11-24)32(23-8-4-2-5-9-23)39(34,38(40)47)25-12-16-27(41)17-13-25/h2-22,34-35H,1H3/t34-,35-,39+,40+/m1/s1. The highest BCUT2D eigenvalue weighted by Gasteiger charge is 2.83. The molecule has 50 heavy (non-hydrogen) atoms. The van der Waals surface area contributed by atoms with Gasteiger partial charge in [0.2, 0.25) is 11.8 Å². The zero-order chi connectivity index (χ0) is 34.9. The molecule has 10 heteroatoms. The second kappa shape index (κ2) is 11.5. The number of Topliss-reactive ketones (excluding diaryl/α,β-unsaturated/α-hetero) is 1. The van der Waals surface area contributed by atoms with Crippen LogP contribution in [0.2, 0.25) is 10.0 Å². The van der Waals surface area contributed by atoms with Crippen LogP contribution >= 0.6 is 23.2 Å². The Bertz CT molecular complexity index is 2150. The van der Waals surface area contributed by atoms with E-state index in [0.717, 1.165) is 11.0 Å². The number of halogens is 2. The van der Waals surface area contributed by atoms with E-state index in [-0.39, 0.29) is 22.9 Å². The number of ether oxygens (including phenoxy) is 1. The Kier molecular flexibility index (Phi) is 7.29. The predicted molar refractivity (Wildman–Crippen MR) is 190 cm³/mol. The average Bonchev–Trinajstić information content (AvgIpc) is 3.64. The first kappa shape index (κ1) is 31.7. The van der Waals surface area contributed by atoms with Crippen LogP contribution in [-0.4, -0.2) is 29.6 Å². The second-order valence-electron chi connectivity index (χ2n) is 12.5. The summed E-state index contributed by atoms with van der Waals surface area (Å²) in [7, 11) is 1.36. The van der Waals surface area contributed by atoms with Gasteiger partial charge < -0.3 is 4.74 Å². The van der Waals surface area contributed by atoms with Gasteiger partial charge in [-0.15, -0.1) is 0 Å². The summed E-state index contributed by atoms with van der Waals surface area (Å²) in [4.78, 5) is 58.8. The van der Waals surface area contributed by atoms with Gasteiger partial charge in [-0.3, -0.25) is 24.5 Å². The Morgan fingerprint density at radius 2 is 1.10 bits per heavy atom. The number of hydrogen-bond acceptors (Lipinski definition) is 6. The Morgan fingerprint density at radius 3 is 1.50 bits per heavy atom. The van der Waals surface area contributed by atoms with Crippen LogP contribution in [0.4, 0.5) is 11.4 Å². The third-order valence-corrected chi connectivity index (χ3v) is 10.8. The van der Waals surface area contributed by atoms with Crippen molar-refractivity contribution >= 4 is 63.3 Å². The number of carbonyl (C=O) groups excluding carboxylic acids is 3. The van der Waals surface area contributed by atoms with Crippen LogP contribution < -0.4 is 9.64 Å². The molecule has 246 valence electrons. The van der Waals surface area contributed by atoms with Crippen LogP contribution in [-0.2, 0) is 25.2 Å². The van der Waals surface area contributed by atoms with Crippen molar-refractivity contribution in [3.63, 3.8) is 0 Å². The molecule has 5 aromatic rings. The lowest BCUT2D eigenvalue weighted by Gasteiger charge is -2.39. The summed E-state index contributed by atoms with van der Waals surface area (Å²) in [6.07, 6.45) is 0. The molecule has 2 bridgehead atoms. The van der Waals surface area contributed by atoms with Crippen LogP contribution in [0.3, 0.4) is 0 Å². The molecular weight excluding hydrogens is 675 g/mol. The Balaban J connectivity index is 1.54. The first-order valence-corrected chi connectivity index (χ1v) is 16.6. The SMILES string of the molecule is COc1ccc([N+](=O)[O-])cc1N1C(=O)[C@H]2[C@H](C1=O)[C@@]1(c3ccc(Cl)cc3)C(=O)[C@@]2(c2ccc(Cl)cc2)C(c2ccccc2)=C1c1ccccc1. The lowest BCUT2D eigenvalue weighted by Crippen LogP contribution is -2.45. The molecule has 0 N–H and O–H groups in total. The fourth-order valence-corrected chi connectivity index (χ4v) is 8.81. The molecule has 2 aliphatic carbocycles. The van der Waals surface area contributed by atoms with Gasteiger partial charge in [-0.1, -0.05) is 108 Å². The summed E-state index contributed by atoms with van der Waals surface area (Å²) >= 11 is 12.8. The van der Waals surface area contributed by atoms with Crippen molar-refractivity contribution < 1.29 is 24.0 Å². The van der Waals surface area contributed by atoms with E-state index in [1.807, 2.05) is 60.7 Å². The first-order valence-electron chi connectivity index (χ1n) is 15.8. The number of methoxy groups -OCH3 is 1. The number of amides is 2. The predicted octanol–water partition coefficient (Wildman–Crippen LogP) is 8.10. The summed E-state index contributed by atoms with van der Waals surface area (Å²) in [5.41, 5.74) is -0.167. The highest BCUT2D eigenvalue weighted by molar-refractivity contribution is 6.39. The topological polar surface area (TPSA) is 107 Å². The molecule has 0 unspecified atom stereocenters. The molecule has 1 heterocycles. The number of nitro benzene ring substituents is 1. The average molecular weight is 702 g/mol. The number of non-ortho nitro benzene ring substituents is 1. The third-order valence-electron chi connectivity index (χ3n) is 10.3. The minimum atomic E-state index is -1.68. The number of nitro groups is 1. The Labute approximate surface area is 296 Å². The van der Waals surface area contributed by atoms with Crippen molar-refractivity contribution in [1.29, 1.82) is 0 Å². The molecule has 0 aromatic heterocycles.